The number of nitrogens with zero attached hydrogens (tertiary/aromatic N) is 5. The molecule has 84 valence electrons. The number of hydrogen-bond donors (Lipinski definition) is 2. The zero-order valence-electron chi connectivity index (χ0n) is 9.12. The van der Waals surface area contributed by atoms with Crippen molar-refractivity contribution in [3.8, 4) is 0 Å². The summed E-state index contributed by atoms with van der Waals surface area (Å²) >= 11 is 0. The molecule has 0 bridgehead atoms. The number of nitrogen functional groups attached to an aromatic ring is 1. The summed E-state index contributed by atoms with van der Waals surface area (Å²) in [7, 11) is 1.89. The van der Waals surface area contributed by atoms with Crippen molar-refractivity contribution < 1.29 is 0 Å². The van der Waals surface area contributed by atoms with Gasteiger partial charge >= 0.3 is 0 Å². The van der Waals surface area contributed by atoms with Crippen LogP contribution in [0.4, 0.5) is 11.6 Å². The van der Waals surface area contributed by atoms with E-state index in [0.717, 1.165) is 5.82 Å². The summed E-state index contributed by atoms with van der Waals surface area (Å²) in [5.74, 6) is 1.89. The van der Waals surface area contributed by atoms with Crippen LogP contribution in [0.15, 0.2) is 18.5 Å². The Hall–Kier alpha value is -2.18. The van der Waals surface area contributed by atoms with Crippen molar-refractivity contribution in [2.24, 2.45) is 7.05 Å². The average Bonchev–Trinajstić information content (AvgIpc) is 2.68. The van der Waals surface area contributed by atoms with E-state index in [4.69, 9.17) is 5.73 Å². The fourth-order valence-corrected chi connectivity index (χ4v) is 1.39. The number of anilines is 2. The van der Waals surface area contributed by atoms with Crippen LogP contribution in [0.2, 0.25) is 0 Å². The number of aryl methyl sites for hydroxylation is 1. The molecule has 3 N–H and O–H groups in total. The number of aromatic nitrogens is 5. The van der Waals surface area contributed by atoms with E-state index in [0.29, 0.717) is 11.6 Å². The van der Waals surface area contributed by atoms with Crippen molar-refractivity contribution in [3.63, 3.8) is 0 Å². The molecule has 0 aromatic carbocycles. The standard InChI is InChI=1S/C9H13N7/c1-6(9-15-11-5-16(9)2)12-8-4-3-7(10)13-14-8/h3-6H,1-2H3,(H2,10,13)(H,12,14). The van der Waals surface area contributed by atoms with Gasteiger partial charge in [0.1, 0.15) is 18.0 Å². The van der Waals surface area contributed by atoms with E-state index >= 15 is 0 Å². The maximum absolute atomic E-state index is 5.45. The lowest BCUT2D eigenvalue weighted by Gasteiger charge is -2.12. The molecule has 2 heterocycles. The molecule has 0 aliphatic heterocycles. The molecule has 1 atom stereocenters. The highest BCUT2D eigenvalue weighted by molar-refractivity contribution is 5.39. The third kappa shape index (κ3) is 2.08. The van der Waals surface area contributed by atoms with Crippen LogP contribution in [0, 0.1) is 0 Å². The summed E-state index contributed by atoms with van der Waals surface area (Å²) in [5, 5.41) is 18.7. The van der Waals surface area contributed by atoms with Crippen molar-refractivity contribution in [2.45, 2.75) is 13.0 Å². The molecular formula is C9H13N7. The Morgan fingerprint density at radius 1 is 1.31 bits per heavy atom. The SMILES string of the molecule is CC(Nc1ccc(N)nn1)c1nncn1C. The minimum absolute atomic E-state index is 0.00502. The van der Waals surface area contributed by atoms with Gasteiger partial charge in [0.2, 0.25) is 0 Å². The van der Waals surface area contributed by atoms with Crippen LogP contribution in [0.5, 0.6) is 0 Å². The number of nitrogens with two attached hydrogens (primary N) is 1. The van der Waals surface area contributed by atoms with E-state index in [9.17, 15) is 0 Å². The smallest absolute Gasteiger partial charge is 0.154 e. The summed E-state index contributed by atoms with van der Waals surface area (Å²) in [5.41, 5.74) is 5.45. The van der Waals surface area contributed by atoms with Gasteiger partial charge in [-0.25, -0.2) is 0 Å². The molecule has 0 amide bonds. The normalized spacial score (nSPS) is 12.4. The quantitative estimate of drug-likeness (QED) is 0.774. The lowest BCUT2D eigenvalue weighted by atomic mass is 10.3. The first-order valence-corrected chi connectivity index (χ1v) is 4.86. The highest BCUT2D eigenvalue weighted by Crippen LogP contribution is 2.14. The van der Waals surface area contributed by atoms with Gasteiger partial charge < -0.3 is 15.6 Å². The van der Waals surface area contributed by atoms with Gasteiger partial charge in [0, 0.05) is 7.05 Å². The third-order valence-electron chi connectivity index (χ3n) is 2.18. The van der Waals surface area contributed by atoms with Crippen molar-refractivity contribution in [2.75, 3.05) is 11.1 Å². The van der Waals surface area contributed by atoms with Gasteiger partial charge in [0.15, 0.2) is 5.82 Å². The van der Waals surface area contributed by atoms with Crippen LogP contribution in [0.25, 0.3) is 0 Å². The van der Waals surface area contributed by atoms with E-state index in [2.05, 4.69) is 25.7 Å². The summed E-state index contributed by atoms with van der Waals surface area (Å²) < 4.78 is 1.85. The second-order valence-corrected chi connectivity index (χ2v) is 3.51. The summed E-state index contributed by atoms with van der Waals surface area (Å²) in [4.78, 5) is 0. The second-order valence-electron chi connectivity index (χ2n) is 3.51. The number of nitrogens with one attached hydrogen (secondary N) is 1. The van der Waals surface area contributed by atoms with Crippen molar-refractivity contribution in [3.05, 3.63) is 24.3 Å². The van der Waals surface area contributed by atoms with Gasteiger partial charge in [-0.2, -0.15) is 0 Å². The van der Waals surface area contributed by atoms with Crippen molar-refractivity contribution in [1.82, 2.24) is 25.0 Å². The molecular weight excluding hydrogens is 206 g/mol. The van der Waals surface area contributed by atoms with E-state index in [-0.39, 0.29) is 6.04 Å². The first-order valence-electron chi connectivity index (χ1n) is 4.86. The van der Waals surface area contributed by atoms with Gasteiger partial charge in [-0.15, -0.1) is 20.4 Å². The van der Waals surface area contributed by atoms with Gasteiger partial charge in [-0.3, -0.25) is 0 Å². The molecule has 7 nitrogen and oxygen atoms in total. The van der Waals surface area contributed by atoms with Crippen LogP contribution in [0.3, 0.4) is 0 Å². The van der Waals surface area contributed by atoms with Crippen molar-refractivity contribution >= 4 is 11.6 Å². The lowest BCUT2D eigenvalue weighted by molar-refractivity contribution is 0.714. The van der Waals surface area contributed by atoms with Crippen molar-refractivity contribution in [1.29, 1.82) is 0 Å². The maximum atomic E-state index is 5.45. The minimum Gasteiger partial charge on any atom is -0.382 e. The molecule has 2 aromatic heterocycles. The van der Waals surface area contributed by atoms with Gasteiger partial charge in [0.25, 0.3) is 0 Å². The van der Waals surface area contributed by atoms with Crippen LogP contribution in [0.1, 0.15) is 18.8 Å². The van der Waals surface area contributed by atoms with Crippen LogP contribution < -0.4 is 11.1 Å². The van der Waals surface area contributed by atoms with Crippen LogP contribution >= 0.6 is 0 Å². The lowest BCUT2D eigenvalue weighted by Crippen LogP contribution is -2.13. The summed E-state index contributed by atoms with van der Waals surface area (Å²) in [6.45, 7) is 1.97. The Morgan fingerprint density at radius 2 is 2.12 bits per heavy atom. The molecule has 0 radical (unpaired) electrons. The fraction of sp³-hybridized carbons (Fsp3) is 0.333. The molecule has 1 unspecified atom stereocenters. The Morgan fingerprint density at radius 3 is 2.69 bits per heavy atom. The molecule has 16 heavy (non-hydrogen) atoms. The van der Waals surface area contributed by atoms with Gasteiger partial charge in [-0.1, -0.05) is 0 Å². The van der Waals surface area contributed by atoms with E-state index in [1.807, 2.05) is 18.5 Å². The van der Waals surface area contributed by atoms with Crippen LogP contribution in [-0.2, 0) is 7.05 Å². The second kappa shape index (κ2) is 4.13. The molecule has 7 heteroatoms. The number of hydrogen-bond acceptors (Lipinski definition) is 6. The fourth-order valence-electron chi connectivity index (χ4n) is 1.39. The number of rotatable bonds is 3. The highest BCUT2D eigenvalue weighted by Gasteiger charge is 2.11. The molecule has 2 rings (SSSR count). The monoisotopic (exact) mass is 219 g/mol. The van der Waals surface area contributed by atoms with Gasteiger partial charge in [-0.05, 0) is 19.1 Å². The highest BCUT2D eigenvalue weighted by atomic mass is 15.3. The molecule has 0 aliphatic carbocycles. The average molecular weight is 219 g/mol. The molecule has 0 aliphatic rings. The third-order valence-corrected chi connectivity index (χ3v) is 2.18. The minimum atomic E-state index is 0.00502. The largest absolute Gasteiger partial charge is 0.382 e. The Kier molecular flexibility index (Phi) is 2.67. The molecule has 2 aromatic rings. The maximum Gasteiger partial charge on any atom is 0.154 e. The van der Waals surface area contributed by atoms with E-state index < -0.39 is 0 Å². The summed E-state index contributed by atoms with van der Waals surface area (Å²) in [6, 6.07) is 3.47. The predicted octanol–water partition coefficient (Wildman–Crippen LogP) is 0.360. The zero-order valence-corrected chi connectivity index (χ0v) is 9.12. The first-order chi connectivity index (χ1) is 7.66. The molecule has 0 spiro atoms. The van der Waals surface area contributed by atoms with E-state index in [1.165, 1.54) is 0 Å². The van der Waals surface area contributed by atoms with Gasteiger partial charge in [0.05, 0.1) is 6.04 Å². The van der Waals surface area contributed by atoms with E-state index in [1.54, 1.807) is 18.5 Å². The summed E-state index contributed by atoms with van der Waals surface area (Å²) in [6.07, 6.45) is 1.65. The zero-order chi connectivity index (χ0) is 11.5. The van der Waals surface area contributed by atoms with Crippen LogP contribution in [-0.4, -0.2) is 25.0 Å². The Labute approximate surface area is 92.7 Å². The Bertz CT molecular complexity index is 461. The predicted molar refractivity (Wildman–Crippen MR) is 59.5 cm³/mol. The molecule has 0 fully saturated rings. The topological polar surface area (TPSA) is 94.5 Å². The Balaban J connectivity index is 2.10. The first kappa shape index (κ1) is 10.3. The molecule has 0 saturated carbocycles. The molecule has 0 saturated heterocycles.